The Morgan fingerprint density at radius 3 is 2.48 bits per heavy atom. The summed E-state index contributed by atoms with van der Waals surface area (Å²) >= 11 is 0. The van der Waals surface area contributed by atoms with Gasteiger partial charge in [0.1, 0.15) is 18.2 Å². The highest BCUT2D eigenvalue weighted by molar-refractivity contribution is 5.71. The maximum absolute atomic E-state index is 14.8. The molecule has 31 heavy (non-hydrogen) atoms. The van der Waals surface area contributed by atoms with E-state index in [0.29, 0.717) is 18.7 Å². The first kappa shape index (κ1) is 24.6. The first-order chi connectivity index (χ1) is 15.1. The van der Waals surface area contributed by atoms with E-state index in [2.05, 4.69) is 18.8 Å². The van der Waals surface area contributed by atoms with E-state index < -0.39 is 0 Å². The minimum atomic E-state index is -0.223. The Morgan fingerprint density at radius 1 is 1.10 bits per heavy atom. The van der Waals surface area contributed by atoms with Crippen LogP contribution in [-0.2, 0) is 0 Å². The predicted octanol–water partition coefficient (Wildman–Crippen LogP) is 6.13. The Bertz CT molecular complexity index is 885. The maximum atomic E-state index is 14.8. The largest absolute Gasteiger partial charge is 0.492 e. The van der Waals surface area contributed by atoms with Gasteiger partial charge in [-0.3, -0.25) is 0 Å². The Kier molecular flexibility index (Phi) is 10.8. The highest BCUT2D eigenvalue weighted by atomic mass is 19.1. The van der Waals surface area contributed by atoms with Crippen molar-refractivity contribution in [1.82, 2.24) is 5.32 Å². The molecule has 166 valence electrons. The summed E-state index contributed by atoms with van der Waals surface area (Å²) in [5.41, 5.74) is 9.93. The molecule has 0 aliphatic carbocycles. The number of nitrogens with two attached hydrogens (primary N) is 1. The molecule has 2 aromatic rings. The van der Waals surface area contributed by atoms with E-state index in [1.807, 2.05) is 61.5 Å². The zero-order chi connectivity index (χ0) is 22.5. The number of hydrogen-bond donors (Lipinski definition) is 2. The lowest BCUT2D eigenvalue weighted by atomic mass is 9.99. The van der Waals surface area contributed by atoms with E-state index in [-0.39, 0.29) is 5.82 Å². The molecule has 0 aliphatic rings. The van der Waals surface area contributed by atoms with Crippen molar-refractivity contribution in [2.75, 3.05) is 26.2 Å². The van der Waals surface area contributed by atoms with Crippen LogP contribution < -0.4 is 15.8 Å². The molecule has 2 rings (SSSR count). The number of ether oxygens (including phenoxy) is 1. The molecule has 0 amide bonds. The van der Waals surface area contributed by atoms with Gasteiger partial charge in [0.15, 0.2) is 0 Å². The van der Waals surface area contributed by atoms with Crippen molar-refractivity contribution in [1.29, 1.82) is 0 Å². The standard InChI is InChI=1S/C27H35FN2O/c1-4-7-22(5-2)9-8-21(3)26-15-12-24(20-27(26)28)23-10-13-25(14-11-23)31-19-18-30-17-6-16-29/h5,8-15,20,30H,2,4,6-7,16-19,29H2,1,3H3/b21-8+,22-9+. The van der Waals surface area contributed by atoms with Crippen LogP contribution in [-0.4, -0.2) is 26.2 Å². The van der Waals surface area contributed by atoms with Crippen LogP contribution in [0.1, 0.15) is 38.7 Å². The summed E-state index contributed by atoms with van der Waals surface area (Å²) in [5.74, 6) is 0.580. The van der Waals surface area contributed by atoms with Crippen LogP contribution >= 0.6 is 0 Å². The molecule has 0 spiro atoms. The van der Waals surface area contributed by atoms with E-state index in [1.165, 1.54) is 0 Å². The molecule has 3 N–H and O–H groups in total. The number of allylic oxidation sites excluding steroid dienone is 5. The zero-order valence-electron chi connectivity index (χ0n) is 18.8. The van der Waals surface area contributed by atoms with Crippen molar-refractivity contribution in [2.24, 2.45) is 5.73 Å². The summed E-state index contributed by atoms with van der Waals surface area (Å²) < 4.78 is 20.5. The minimum absolute atomic E-state index is 0.223. The molecular formula is C27H35FN2O. The third-order valence-corrected chi connectivity index (χ3v) is 5.04. The molecular weight excluding hydrogens is 387 g/mol. The van der Waals surface area contributed by atoms with Gasteiger partial charge in [0.25, 0.3) is 0 Å². The zero-order valence-corrected chi connectivity index (χ0v) is 18.8. The van der Waals surface area contributed by atoms with Crippen molar-refractivity contribution in [3.63, 3.8) is 0 Å². The normalized spacial score (nSPS) is 12.1. The molecule has 0 heterocycles. The minimum Gasteiger partial charge on any atom is -0.492 e. The average Bonchev–Trinajstić information content (AvgIpc) is 2.79. The number of halogens is 1. The van der Waals surface area contributed by atoms with Crippen molar-refractivity contribution in [3.8, 4) is 16.9 Å². The van der Waals surface area contributed by atoms with Gasteiger partial charge in [0.05, 0.1) is 0 Å². The fourth-order valence-electron chi connectivity index (χ4n) is 3.22. The summed E-state index contributed by atoms with van der Waals surface area (Å²) in [4.78, 5) is 0. The van der Waals surface area contributed by atoms with Crippen LogP contribution in [0.15, 0.2) is 72.8 Å². The van der Waals surface area contributed by atoms with E-state index in [0.717, 1.165) is 60.4 Å². The molecule has 0 bridgehead atoms. The smallest absolute Gasteiger partial charge is 0.131 e. The number of benzene rings is 2. The first-order valence-electron chi connectivity index (χ1n) is 11.0. The molecule has 2 aromatic carbocycles. The summed E-state index contributed by atoms with van der Waals surface area (Å²) in [6, 6.07) is 13.1. The molecule has 4 heteroatoms. The second-order valence-electron chi connectivity index (χ2n) is 7.51. The van der Waals surface area contributed by atoms with E-state index in [4.69, 9.17) is 10.5 Å². The Hall–Kier alpha value is -2.69. The van der Waals surface area contributed by atoms with E-state index >= 15 is 0 Å². The predicted molar refractivity (Wildman–Crippen MR) is 131 cm³/mol. The van der Waals surface area contributed by atoms with Crippen LogP contribution in [0.4, 0.5) is 4.39 Å². The van der Waals surface area contributed by atoms with Gasteiger partial charge in [-0.25, -0.2) is 4.39 Å². The van der Waals surface area contributed by atoms with Gasteiger partial charge in [0, 0.05) is 12.1 Å². The lowest BCUT2D eigenvalue weighted by Gasteiger charge is -2.10. The van der Waals surface area contributed by atoms with Crippen LogP contribution in [0.3, 0.4) is 0 Å². The van der Waals surface area contributed by atoms with Gasteiger partial charge in [-0.15, -0.1) is 0 Å². The fourth-order valence-corrected chi connectivity index (χ4v) is 3.22. The molecule has 3 nitrogen and oxygen atoms in total. The lowest BCUT2D eigenvalue weighted by molar-refractivity contribution is 0.314. The van der Waals surface area contributed by atoms with Crippen LogP contribution in [0.5, 0.6) is 5.75 Å². The van der Waals surface area contributed by atoms with Gasteiger partial charge < -0.3 is 15.8 Å². The molecule has 0 aliphatic heterocycles. The first-order valence-corrected chi connectivity index (χ1v) is 11.0. The van der Waals surface area contributed by atoms with Gasteiger partial charge in [-0.2, -0.15) is 0 Å². The third kappa shape index (κ3) is 8.16. The Balaban J connectivity index is 2.01. The summed E-state index contributed by atoms with van der Waals surface area (Å²) in [6.45, 7) is 10.9. The lowest BCUT2D eigenvalue weighted by Crippen LogP contribution is -2.23. The molecule has 0 aromatic heterocycles. The molecule has 0 saturated carbocycles. The second kappa shape index (κ2) is 13.6. The molecule has 0 unspecified atom stereocenters. The van der Waals surface area contributed by atoms with Gasteiger partial charge >= 0.3 is 0 Å². The molecule has 0 radical (unpaired) electrons. The third-order valence-electron chi connectivity index (χ3n) is 5.04. The van der Waals surface area contributed by atoms with Crippen molar-refractivity contribution < 1.29 is 9.13 Å². The number of nitrogens with one attached hydrogen (secondary N) is 1. The van der Waals surface area contributed by atoms with Crippen LogP contribution in [0, 0.1) is 5.82 Å². The van der Waals surface area contributed by atoms with Crippen molar-refractivity contribution in [3.05, 3.63) is 84.2 Å². The number of hydrogen-bond acceptors (Lipinski definition) is 3. The van der Waals surface area contributed by atoms with Gasteiger partial charge in [-0.05, 0) is 73.3 Å². The SMILES string of the molecule is C=C/C(=C\C=C(/C)c1ccc(-c2ccc(OCCNCCCN)cc2)cc1F)CCC. The van der Waals surface area contributed by atoms with Crippen molar-refractivity contribution in [2.45, 2.75) is 33.1 Å². The van der Waals surface area contributed by atoms with E-state index in [1.54, 1.807) is 6.07 Å². The van der Waals surface area contributed by atoms with Gasteiger partial charge in [-0.1, -0.05) is 62.4 Å². The highest BCUT2D eigenvalue weighted by Gasteiger charge is 2.07. The monoisotopic (exact) mass is 422 g/mol. The van der Waals surface area contributed by atoms with Crippen molar-refractivity contribution >= 4 is 5.57 Å². The Labute approximate surface area is 186 Å². The summed E-state index contributed by atoms with van der Waals surface area (Å²) in [7, 11) is 0. The second-order valence-corrected chi connectivity index (χ2v) is 7.51. The van der Waals surface area contributed by atoms with E-state index in [9.17, 15) is 4.39 Å². The van der Waals surface area contributed by atoms with Crippen LogP contribution in [0.2, 0.25) is 0 Å². The molecule has 0 saturated heterocycles. The average molecular weight is 423 g/mol. The number of rotatable bonds is 13. The fraction of sp³-hybridized carbons (Fsp3) is 0.333. The summed E-state index contributed by atoms with van der Waals surface area (Å²) in [5, 5.41) is 3.28. The summed E-state index contributed by atoms with van der Waals surface area (Å²) in [6.07, 6.45) is 8.83. The quantitative estimate of drug-likeness (QED) is 0.302. The Morgan fingerprint density at radius 2 is 1.84 bits per heavy atom. The topological polar surface area (TPSA) is 47.3 Å². The maximum Gasteiger partial charge on any atom is 0.131 e. The highest BCUT2D eigenvalue weighted by Crippen LogP contribution is 2.27. The van der Waals surface area contributed by atoms with Gasteiger partial charge in [0.2, 0.25) is 0 Å². The molecule has 0 atom stereocenters. The molecule has 0 fully saturated rings. The van der Waals surface area contributed by atoms with Crippen LogP contribution in [0.25, 0.3) is 16.7 Å².